The monoisotopic (exact) mass is 186 g/mol. The van der Waals surface area contributed by atoms with Gasteiger partial charge in [-0.3, -0.25) is 4.98 Å². The summed E-state index contributed by atoms with van der Waals surface area (Å²) in [5, 5.41) is 1.18. The van der Waals surface area contributed by atoms with E-state index in [1.807, 2.05) is 13.0 Å². The van der Waals surface area contributed by atoms with E-state index in [4.69, 9.17) is 5.73 Å². The van der Waals surface area contributed by atoms with Crippen molar-refractivity contribution in [2.75, 3.05) is 0 Å². The minimum atomic E-state index is 0.573. The summed E-state index contributed by atoms with van der Waals surface area (Å²) in [6, 6.07) is 8.27. The summed E-state index contributed by atoms with van der Waals surface area (Å²) >= 11 is 0. The van der Waals surface area contributed by atoms with Crippen LogP contribution in [0.25, 0.3) is 10.9 Å². The molecule has 0 aliphatic carbocycles. The van der Waals surface area contributed by atoms with E-state index in [9.17, 15) is 0 Å². The van der Waals surface area contributed by atoms with Gasteiger partial charge in [-0.2, -0.15) is 0 Å². The van der Waals surface area contributed by atoms with Gasteiger partial charge in [0.05, 0.1) is 5.52 Å². The number of benzene rings is 1. The number of aromatic nitrogens is 1. The van der Waals surface area contributed by atoms with Gasteiger partial charge in [-0.25, -0.2) is 0 Å². The molecule has 0 saturated heterocycles. The number of para-hydroxylation sites is 1. The van der Waals surface area contributed by atoms with Gasteiger partial charge < -0.3 is 5.73 Å². The molecular weight excluding hydrogens is 172 g/mol. The number of rotatable bonds is 1. The van der Waals surface area contributed by atoms with E-state index in [1.54, 1.807) is 0 Å². The van der Waals surface area contributed by atoms with Crippen LogP contribution in [0.5, 0.6) is 0 Å². The summed E-state index contributed by atoms with van der Waals surface area (Å²) in [6.07, 6.45) is 0. The van der Waals surface area contributed by atoms with Gasteiger partial charge in [-0.1, -0.05) is 18.2 Å². The van der Waals surface area contributed by atoms with Crippen LogP contribution in [0.2, 0.25) is 0 Å². The molecule has 2 heteroatoms. The molecule has 0 fully saturated rings. The topological polar surface area (TPSA) is 38.9 Å². The third-order valence-electron chi connectivity index (χ3n) is 2.47. The zero-order valence-electron chi connectivity index (χ0n) is 8.54. The van der Waals surface area contributed by atoms with Crippen molar-refractivity contribution in [1.82, 2.24) is 4.98 Å². The quantitative estimate of drug-likeness (QED) is 0.742. The highest BCUT2D eigenvalue weighted by molar-refractivity contribution is 5.85. The third kappa shape index (κ3) is 1.38. The molecular formula is C12H14N2. The van der Waals surface area contributed by atoms with Crippen LogP contribution in [0.3, 0.4) is 0 Å². The number of aryl methyl sites for hydroxylation is 2. The molecule has 14 heavy (non-hydrogen) atoms. The van der Waals surface area contributed by atoms with E-state index >= 15 is 0 Å². The Balaban J connectivity index is 2.87. The summed E-state index contributed by atoms with van der Waals surface area (Å²) < 4.78 is 0. The fraction of sp³-hybridized carbons (Fsp3) is 0.250. The van der Waals surface area contributed by atoms with E-state index < -0.39 is 0 Å². The van der Waals surface area contributed by atoms with Crippen LogP contribution in [0.4, 0.5) is 0 Å². The van der Waals surface area contributed by atoms with Crippen LogP contribution in [0.15, 0.2) is 24.3 Å². The second kappa shape index (κ2) is 3.39. The molecule has 0 atom stereocenters. The Morgan fingerprint density at radius 2 is 2.07 bits per heavy atom. The second-order valence-electron chi connectivity index (χ2n) is 3.60. The van der Waals surface area contributed by atoms with Crippen molar-refractivity contribution >= 4 is 10.9 Å². The van der Waals surface area contributed by atoms with Gasteiger partial charge in [0.2, 0.25) is 0 Å². The van der Waals surface area contributed by atoms with Crippen molar-refractivity contribution < 1.29 is 0 Å². The van der Waals surface area contributed by atoms with Crippen molar-refractivity contribution in [3.8, 4) is 0 Å². The minimum Gasteiger partial charge on any atom is -0.326 e. The van der Waals surface area contributed by atoms with E-state index in [1.165, 1.54) is 16.5 Å². The largest absolute Gasteiger partial charge is 0.326 e. The molecule has 0 unspecified atom stereocenters. The van der Waals surface area contributed by atoms with Gasteiger partial charge in [0.15, 0.2) is 0 Å². The molecule has 2 rings (SSSR count). The lowest BCUT2D eigenvalue weighted by atomic mass is 10.0. The maximum absolute atomic E-state index is 5.71. The fourth-order valence-electron chi connectivity index (χ4n) is 1.77. The van der Waals surface area contributed by atoms with Gasteiger partial charge in [-0.15, -0.1) is 0 Å². The van der Waals surface area contributed by atoms with Gasteiger partial charge in [-0.05, 0) is 31.0 Å². The molecule has 0 aliphatic rings. The highest BCUT2D eigenvalue weighted by Gasteiger charge is 2.03. The first-order valence-electron chi connectivity index (χ1n) is 4.78. The van der Waals surface area contributed by atoms with Crippen LogP contribution >= 0.6 is 0 Å². The fourth-order valence-corrected chi connectivity index (χ4v) is 1.77. The average molecular weight is 186 g/mol. The normalized spacial score (nSPS) is 10.8. The summed E-state index contributed by atoms with van der Waals surface area (Å²) in [6.45, 7) is 4.66. The molecule has 1 aromatic heterocycles. The second-order valence-corrected chi connectivity index (χ2v) is 3.60. The summed E-state index contributed by atoms with van der Waals surface area (Å²) in [5.74, 6) is 0. The predicted molar refractivity (Wildman–Crippen MR) is 59.1 cm³/mol. The van der Waals surface area contributed by atoms with E-state index in [-0.39, 0.29) is 0 Å². The molecule has 72 valence electrons. The highest BCUT2D eigenvalue weighted by atomic mass is 14.7. The molecule has 0 amide bonds. The number of fused-ring (bicyclic) bond motifs is 1. The summed E-state index contributed by atoms with van der Waals surface area (Å²) in [5.41, 5.74) is 10.2. The van der Waals surface area contributed by atoms with Crippen LogP contribution < -0.4 is 5.73 Å². The number of pyridine rings is 1. The molecule has 1 heterocycles. The third-order valence-corrected chi connectivity index (χ3v) is 2.47. The maximum Gasteiger partial charge on any atom is 0.0737 e. The molecule has 0 aliphatic heterocycles. The summed E-state index contributed by atoms with van der Waals surface area (Å²) in [7, 11) is 0. The number of nitrogens with zero attached hydrogens (tertiary/aromatic N) is 1. The van der Waals surface area contributed by atoms with Crippen LogP contribution in [0.1, 0.15) is 16.8 Å². The van der Waals surface area contributed by atoms with Crippen molar-refractivity contribution in [2.24, 2.45) is 5.73 Å². The molecule has 0 radical (unpaired) electrons. The molecule has 0 bridgehead atoms. The standard InChI is InChI=1S/C12H14N2/c1-8-4-3-5-11-10(7-13)6-9(2)14-12(8)11/h3-6H,7,13H2,1-2H3. The zero-order chi connectivity index (χ0) is 10.1. The molecule has 0 saturated carbocycles. The average Bonchev–Trinajstić information content (AvgIpc) is 2.18. The van der Waals surface area contributed by atoms with E-state index in [0.29, 0.717) is 6.54 Å². The molecule has 2 N–H and O–H groups in total. The van der Waals surface area contributed by atoms with Gasteiger partial charge in [0.25, 0.3) is 0 Å². The van der Waals surface area contributed by atoms with Crippen molar-refractivity contribution in [3.05, 3.63) is 41.1 Å². The van der Waals surface area contributed by atoms with Crippen LogP contribution in [-0.4, -0.2) is 4.98 Å². The Morgan fingerprint density at radius 3 is 2.79 bits per heavy atom. The SMILES string of the molecule is Cc1cc(CN)c2cccc(C)c2n1. The number of hydrogen-bond donors (Lipinski definition) is 1. The van der Waals surface area contributed by atoms with Crippen LogP contribution in [0, 0.1) is 13.8 Å². The predicted octanol–water partition coefficient (Wildman–Crippen LogP) is 2.31. The molecule has 0 spiro atoms. The summed E-state index contributed by atoms with van der Waals surface area (Å²) in [4.78, 5) is 4.53. The lowest BCUT2D eigenvalue weighted by Crippen LogP contribution is -2.00. The van der Waals surface area contributed by atoms with E-state index in [2.05, 4.69) is 30.1 Å². The van der Waals surface area contributed by atoms with Gasteiger partial charge in [0, 0.05) is 17.6 Å². The molecule has 1 aromatic carbocycles. The molecule has 2 aromatic rings. The van der Waals surface area contributed by atoms with Crippen molar-refractivity contribution in [1.29, 1.82) is 0 Å². The zero-order valence-corrected chi connectivity index (χ0v) is 8.54. The molecule has 2 nitrogen and oxygen atoms in total. The number of hydrogen-bond acceptors (Lipinski definition) is 2. The first kappa shape index (κ1) is 9.16. The first-order valence-corrected chi connectivity index (χ1v) is 4.78. The smallest absolute Gasteiger partial charge is 0.0737 e. The lowest BCUT2D eigenvalue weighted by molar-refractivity contribution is 1.07. The first-order chi connectivity index (χ1) is 6.72. The van der Waals surface area contributed by atoms with Crippen LogP contribution in [-0.2, 0) is 6.54 Å². The van der Waals surface area contributed by atoms with Crippen molar-refractivity contribution in [2.45, 2.75) is 20.4 Å². The lowest BCUT2D eigenvalue weighted by Gasteiger charge is -2.07. The number of nitrogens with two attached hydrogens (primary N) is 1. The highest BCUT2D eigenvalue weighted by Crippen LogP contribution is 2.20. The Morgan fingerprint density at radius 1 is 1.29 bits per heavy atom. The van der Waals surface area contributed by atoms with Gasteiger partial charge in [0.1, 0.15) is 0 Å². The maximum atomic E-state index is 5.71. The Labute approximate surface area is 83.8 Å². The van der Waals surface area contributed by atoms with E-state index in [0.717, 1.165) is 11.2 Å². The Hall–Kier alpha value is -1.41. The Bertz CT molecular complexity index is 475. The van der Waals surface area contributed by atoms with Gasteiger partial charge >= 0.3 is 0 Å². The Kier molecular flexibility index (Phi) is 2.22. The minimum absolute atomic E-state index is 0.573. The van der Waals surface area contributed by atoms with Crippen molar-refractivity contribution in [3.63, 3.8) is 0 Å².